The summed E-state index contributed by atoms with van der Waals surface area (Å²) in [6.07, 6.45) is 0.873. The Morgan fingerprint density at radius 3 is 2.63 bits per heavy atom. The van der Waals surface area contributed by atoms with Gasteiger partial charge in [0, 0.05) is 6.54 Å². The average Bonchev–Trinajstić information content (AvgIpc) is 2.37. The lowest BCUT2D eigenvalue weighted by atomic mass is 10.1. The Morgan fingerprint density at radius 2 is 2.05 bits per heavy atom. The van der Waals surface area contributed by atoms with Crippen LogP contribution in [0.1, 0.15) is 30.6 Å². The molecule has 0 aromatic heterocycles. The number of rotatable bonds is 6. The first-order valence-corrected chi connectivity index (χ1v) is 6.19. The lowest BCUT2D eigenvalue weighted by Crippen LogP contribution is -2.38. The average molecular weight is 264 g/mol. The zero-order valence-corrected chi connectivity index (χ0v) is 11.2. The van der Waals surface area contributed by atoms with E-state index in [9.17, 15) is 9.59 Å². The van der Waals surface area contributed by atoms with Crippen LogP contribution in [0.5, 0.6) is 0 Å². The van der Waals surface area contributed by atoms with Gasteiger partial charge >= 0.3 is 0 Å². The van der Waals surface area contributed by atoms with Crippen LogP contribution in [0.25, 0.3) is 0 Å². The molecular formula is C13H20N4O2. The zero-order chi connectivity index (χ0) is 14.4. The van der Waals surface area contributed by atoms with Crippen LogP contribution >= 0.6 is 0 Å². The second-order valence-electron chi connectivity index (χ2n) is 4.29. The van der Waals surface area contributed by atoms with Crippen LogP contribution in [0, 0.1) is 0 Å². The van der Waals surface area contributed by atoms with E-state index in [0.717, 1.165) is 6.42 Å². The Hall–Kier alpha value is -2.24. The summed E-state index contributed by atoms with van der Waals surface area (Å²) in [7, 11) is 0. The number of nitrogens with one attached hydrogen (secondary N) is 2. The Morgan fingerprint density at radius 1 is 1.37 bits per heavy atom. The molecule has 1 rings (SSSR count). The van der Waals surface area contributed by atoms with Crippen molar-refractivity contribution in [2.75, 3.05) is 17.6 Å². The molecule has 0 saturated heterocycles. The maximum absolute atomic E-state index is 11.7. The monoisotopic (exact) mass is 264 g/mol. The van der Waals surface area contributed by atoms with Gasteiger partial charge in [0.05, 0.1) is 16.9 Å². The summed E-state index contributed by atoms with van der Waals surface area (Å²) in [6, 6.07) is 4.46. The molecule has 6 nitrogen and oxygen atoms in total. The number of primary amides is 1. The van der Waals surface area contributed by atoms with Gasteiger partial charge in [0.2, 0.25) is 5.91 Å². The van der Waals surface area contributed by atoms with Crippen LogP contribution in [0.3, 0.4) is 0 Å². The van der Waals surface area contributed by atoms with Crippen molar-refractivity contribution in [3.05, 3.63) is 23.8 Å². The smallest absolute Gasteiger partial charge is 0.250 e. The van der Waals surface area contributed by atoms with E-state index < -0.39 is 11.9 Å². The number of nitrogens with two attached hydrogens (primary N) is 2. The van der Waals surface area contributed by atoms with E-state index in [4.69, 9.17) is 11.5 Å². The summed E-state index contributed by atoms with van der Waals surface area (Å²) in [5.41, 5.74) is 12.1. The number of anilines is 2. The minimum Gasteiger partial charge on any atom is -0.396 e. The molecule has 1 aromatic carbocycles. The molecule has 0 aliphatic heterocycles. The third-order valence-corrected chi connectivity index (χ3v) is 2.69. The quantitative estimate of drug-likeness (QED) is 0.567. The Bertz CT molecular complexity index is 474. The lowest BCUT2D eigenvalue weighted by Gasteiger charge is -2.17. The predicted molar refractivity (Wildman–Crippen MR) is 75.8 cm³/mol. The van der Waals surface area contributed by atoms with Gasteiger partial charge in [-0.1, -0.05) is 13.0 Å². The fourth-order valence-electron chi connectivity index (χ4n) is 1.61. The van der Waals surface area contributed by atoms with Gasteiger partial charge in [-0.15, -0.1) is 0 Å². The van der Waals surface area contributed by atoms with Crippen molar-refractivity contribution in [1.82, 2.24) is 5.32 Å². The second kappa shape index (κ2) is 6.63. The Kier molecular flexibility index (Phi) is 5.17. The molecule has 0 aliphatic carbocycles. The van der Waals surface area contributed by atoms with Crippen molar-refractivity contribution in [3.8, 4) is 0 Å². The molecule has 0 bridgehead atoms. The molecule has 1 aromatic rings. The van der Waals surface area contributed by atoms with E-state index in [1.165, 1.54) is 0 Å². The number of hydrogen-bond donors (Lipinski definition) is 4. The molecule has 0 radical (unpaired) electrons. The summed E-state index contributed by atoms with van der Waals surface area (Å²) < 4.78 is 0. The van der Waals surface area contributed by atoms with E-state index in [0.29, 0.717) is 12.2 Å². The molecule has 1 atom stereocenters. The van der Waals surface area contributed by atoms with E-state index >= 15 is 0 Å². The first kappa shape index (κ1) is 14.8. The number of carbonyl (C=O) groups is 2. The van der Waals surface area contributed by atoms with Crippen molar-refractivity contribution in [2.45, 2.75) is 26.3 Å². The van der Waals surface area contributed by atoms with E-state index in [-0.39, 0.29) is 17.2 Å². The first-order chi connectivity index (χ1) is 8.97. The molecule has 0 aliphatic rings. The number of benzene rings is 1. The van der Waals surface area contributed by atoms with Gasteiger partial charge in [0.15, 0.2) is 0 Å². The highest BCUT2D eigenvalue weighted by Crippen LogP contribution is 2.23. The van der Waals surface area contributed by atoms with E-state index in [1.54, 1.807) is 25.1 Å². The maximum Gasteiger partial charge on any atom is 0.250 e. The molecule has 2 amide bonds. The van der Waals surface area contributed by atoms with Crippen LogP contribution in [0.4, 0.5) is 11.4 Å². The molecule has 0 heterocycles. The fourth-order valence-corrected chi connectivity index (χ4v) is 1.61. The van der Waals surface area contributed by atoms with E-state index in [2.05, 4.69) is 10.6 Å². The minimum atomic E-state index is -0.593. The summed E-state index contributed by atoms with van der Waals surface area (Å²) in [6.45, 7) is 4.33. The topological polar surface area (TPSA) is 110 Å². The zero-order valence-electron chi connectivity index (χ0n) is 11.2. The molecule has 0 fully saturated rings. The van der Waals surface area contributed by atoms with Crippen LogP contribution in [-0.2, 0) is 4.79 Å². The van der Waals surface area contributed by atoms with Gasteiger partial charge in [-0.3, -0.25) is 9.59 Å². The predicted octanol–water partition coefficient (Wildman–Crippen LogP) is 0.694. The van der Waals surface area contributed by atoms with Crippen molar-refractivity contribution >= 4 is 23.2 Å². The van der Waals surface area contributed by atoms with Crippen molar-refractivity contribution in [1.29, 1.82) is 0 Å². The van der Waals surface area contributed by atoms with Crippen molar-refractivity contribution in [3.63, 3.8) is 0 Å². The normalized spacial score (nSPS) is 11.7. The summed E-state index contributed by atoms with van der Waals surface area (Å²) in [5, 5.41) is 5.74. The van der Waals surface area contributed by atoms with Gasteiger partial charge in [-0.2, -0.15) is 0 Å². The van der Waals surface area contributed by atoms with Crippen LogP contribution in [0.2, 0.25) is 0 Å². The highest BCUT2D eigenvalue weighted by Gasteiger charge is 2.15. The molecular weight excluding hydrogens is 244 g/mol. The third-order valence-electron chi connectivity index (χ3n) is 2.69. The molecule has 6 N–H and O–H groups in total. The number of carbonyl (C=O) groups excluding carboxylic acids is 2. The van der Waals surface area contributed by atoms with Crippen molar-refractivity contribution in [2.24, 2.45) is 5.73 Å². The Labute approximate surface area is 112 Å². The molecule has 0 spiro atoms. The highest BCUT2D eigenvalue weighted by molar-refractivity contribution is 6.01. The first-order valence-electron chi connectivity index (χ1n) is 6.19. The maximum atomic E-state index is 11.7. The van der Waals surface area contributed by atoms with Gasteiger partial charge in [-0.25, -0.2) is 0 Å². The van der Waals surface area contributed by atoms with Gasteiger partial charge < -0.3 is 22.1 Å². The number of nitrogen functional groups attached to an aromatic ring is 1. The number of para-hydroxylation sites is 1. The molecule has 104 valence electrons. The largest absolute Gasteiger partial charge is 0.396 e. The number of hydrogen-bond acceptors (Lipinski definition) is 4. The minimum absolute atomic E-state index is 0.120. The van der Waals surface area contributed by atoms with Crippen LogP contribution < -0.4 is 22.1 Å². The SMILES string of the molecule is CCCNC(=O)C(C)Nc1cccc(C(N)=O)c1N. The lowest BCUT2D eigenvalue weighted by molar-refractivity contribution is -0.121. The molecule has 19 heavy (non-hydrogen) atoms. The van der Waals surface area contributed by atoms with Crippen molar-refractivity contribution < 1.29 is 9.59 Å². The van der Waals surface area contributed by atoms with Gasteiger partial charge in [-0.05, 0) is 25.5 Å². The molecule has 0 saturated carbocycles. The highest BCUT2D eigenvalue weighted by atomic mass is 16.2. The third kappa shape index (κ3) is 3.87. The fraction of sp³-hybridized carbons (Fsp3) is 0.385. The summed E-state index contributed by atoms with van der Waals surface area (Å²) in [4.78, 5) is 22.9. The number of amides is 2. The van der Waals surface area contributed by atoms with Gasteiger partial charge in [0.1, 0.15) is 6.04 Å². The second-order valence-corrected chi connectivity index (χ2v) is 4.29. The molecule has 6 heteroatoms. The van der Waals surface area contributed by atoms with Crippen LogP contribution in [-0.4, -0.2) is 24.4 Å². The van der Waals surface area contributed by atoms with Gasteiger partial charge in [0.25, 0.3) is 5.91 Å². The molecule has 1 unspecified atom stereocenters. The standard InChI is InChI=1S/C13H20N4O2/c1-3-7-16-13(19)8(2)17-10-6-4-5-9(11(10)14)12(15)18/h4-6,8,17H,3,7,14H2,1-2H3,(H2,15,18)(H,16,19). The van der Waals surface area contributed by atoms with E-state index in [1.807, 2.05) is 6.92 Å². The van der Waals surface area contributed by atoms with Crippen LogP contribution in [0.15, 0.2) is 18.2 Å². The summed E-state index contributed by atoms with van der Waals surface area (Å²) >= 11 is 0. The Balaban J connectivity index is 2.79. The summed E-state index contributed by atoms with van der Waals surface area (Å²) in [5.74, 6) is -0.713.